The molecule has 0 saturated carbocycles. The third kappa shape index (κ3) is 5.73. The number of benzene rings is 1. The van der Waals surface area contributed by atoms with Gasteiger partial charge in [0.15, 0.2) is 8.32 Å². The number of halogens is 3. The van der Waals surface area contributed by atoms with E-state index in [9.17, 15) is 18.3 Å². The van der Waals surface area contributed by atoms with Crippen LogP contribution in [0, 0.1) is 12.3 Å². The van der Waals surface area contributed by atoms with E-state index >= 15 is 0 Å². The first-order valence-corrected chi connectivity index (χ1v) is 15.7. The van der Waals surface area contributed by atoms with Gasteiger partial charge in [-0.3, -0.25) is 4.98 Å². The molecule has 2 aromatic rings. The Balaban J connectivity index is 2.18. The van der Waals surface area contributed by atoms with Gasteiger partial charge < -0.3 is 9.53 Å². The van der Waals surface area contributed by atoms with Crippen LogP contribution in [0.15, 0.2) is 24.3 Å². The Morgan fingerprint density at radius 2 is 1.64 bits per heavy atom. The van der Waals surface area contributed by atoms with E-state index in [1.807, 2.05) is 20.8 Å². The van der Waals surface area contributed by atoms with Crippen molar-refractivity contribution in [2.45, 2.75) is 111 Å². The van der Waals surface area contributed by atoms with Gasteiger partial charge in [0.2, 0.25) is 0 Å². The molecule has 2 atom stereocenters. The zero-order valence-corrected chi connectivity index (χ0v) is 24.4. The number of pyridine rings is 1. The highest BCUT2D eigenvalue weighted by Crippen LogP contribution is 2.49. The Kier molecular flexibility index (Phi) is 7.66. The minimum atomic E-state index is -4.42. The van der Waals surface area contributed by atoms with Crippen LogP contribution in [-0.4, -0.2) is 18.4 Å². The molecule has 3 rings (SSSR count). The van der Waals surface area contributed by atoms with Crippen LogP contribution in [0.2, 0.25) is 18.1 Å². The second-order valence-corrected chi connectivity index (χ2v) is 17.7. The lowest BCUT2D eigenvalue weighted by molar-refractivity contribution is -0.137. The zero-order chi connectivity index (χ0) is 27.4. The Morgan fingerprint density at radius 1 is 1.08 bits per heavy atom. The number of alkyl halides is 3. The molecule has 1 aliphatic carbocycles. The average molecular weight is 522 g/mol. The van der Waals surface area contributed by atoms with Crippen LogP contribution in [0.5, 0.6) is 0 Å². The van der Waals surface area contributed by atoms with E-state index in [1.54, 1.807) is 0 Å². The normalized spacial score (nSPS) is 19.4. The van der Waals surface area contributed by atoms with Gasteiger partial charge in [-0.05, 0) is 72.5 Å². The Bertz CT molecular complexity index is 1100. The predicted octanol–water partition coefficient (Wildman–Crippen LogP) is 8.65. The summed E-state index contributed by atoms with van der Waals surface area (Å²) in [6.07, 6.45) is -3.97. The van der Waals surface area contributed by atoms with Crippen molar-refractivity contribution in [2.75, 3.05) is 0 Å². The summed E-state index contributed by atoms with van der Waals surface area (Å²) in [6, 6.07) is 4.79. The number of aliphatic hydroxyl groups is 1. The summed E-state index contributed by atoms with van der Waals surface area (Å²) in [4.78, 5) is 5.11. The highest BCUT2D eigenvalue weighted by atomic mass is 28.4. The molecule has 0 bridgehead atoms. The molecule has 3 nitrogen and oxygen atoms in total. The highest BCUT2D eigenvalue weighted by molar-refractivity contribution is 6.74. The van der Waals surface area contributed by atoms with E-state index in [-0.39, 0.29) is 22.5 Å². The minimum absolute atomic E-state index is 0.0152. The number of nitrogens with zero attached hydrogens (tertiary/aromatic N) is 1. The van der Waals surface area contributed by atoms with E-state index < -0.39 is 26.2 Å². The number of aromatic nitrogens is 1. The fourth-order valence-corrected chi connectivity index (χ4v) is 6.22. The van der Waals surface area contributed by atoms with E-state index in [4.69, 9.17) is 9.41 Å². The fraction of sp³-hybridized carbons (Fsp3) is 0.621. The molecule has 1 aromatic heterocycles. The molecular formula is C29H42F3NO2Si. The molecule has 7 heteroatoms. The first kappa shape index (κ1) is 28.9. The summed E-state index contributed by atoms with van der Waals surface area (Å²) < 4.78 is 46.3. The molecule has 1 heterocycles. The maximum Gasteiger partial charge on any atom is 0.416 e. The first-order valence-electron chi connectivity index (χ1n) is 12.8. The SMILES string of the molecule is Cc1c([C@H](O)c2ccc(C(F)(F)F)cc2)c(C(C)C)nc2c1[C@@H](O[Si](C)(C)C(C)(C)C)CC(C)(C)C2. The maximum atomic E-state index is 13.1. The smallest absolute Gasteiger partial charge is 0.410 e. The Hall–Kier alpha value is -1.70. The van der Waals surface area contributed by atoms with Gasteiger partial charge in [0.1, 0.15) is 6.10 Å². The second-order valence-electron chi connectivity index (χ2n) is 13.0. The summed E-state index contributed by atoms with van der Waals surface area (Å²) in [7, 11) is -2.11. The number of rotatable bonds is 5. The standard InChI is InChI=1S/C29H42F3NO2Si/c1-17(2)25-24(26(34)19-11-13-20(14-12-19)29(30,31)32)18(3)23-21(33-25)15-28(7,8)16-22(23)35-36(9,10)27(4,5)6/h11-14,17,22,26,34H,15-16H2,1-10H3/t22-,26+/m0/s1. The van der Waals surface area contributed by atoms with Crippen molar-refractivity contribution in [1.82, 2.24) is 4.98 Å². The van der Waals surface area contributed by atoms with Crippen LogP contribution in [0.1, 0.15) is 112 Å². The number of aliphatic hydroxyl groups excluding tert-OH is 1. The molecule has 0 unspecified atom stereocenters. The van der Waals surface area contributed by atoms with Crippen molar-refractivity contribution >= 4 is 8.32 Å². The maximum absolute atomic E-state index is 13.1. The molecule has 0 spiro atoms. The summed E-state index contributed by atoms with van der Waals surface area (Å²) in [6.45, 7) is 21.7. The third-order valence-corrected chi connectivity index (χ3v) is 12.5. The molecule has 0 aliphatic heterocycles. The Morgan fingerprint density at radius 3 is 2.11 bits per heavy atom. The molecule has 0 amide bonds. The van der Waals surface area contributed by atoms with Crippen LogP contribution in [0.3, 0.4) is 0 Å². The van der Waals surface area contributed by atoms with Crippen LogP contribution in [-0.2, 0) is 17.0 Å². The van der Waals surface area contributed by atoms with Gasteiger partial charge in [0.25, 0.3) is 0 Å². The molecule has 1 aliphatic rings. The van der Waals surface area contributed by atoms with Crippen molar-refractivity contribution in [3.05, 3.63) is 63.5 Å². The molecule has 36 heavy (non-hydrogen) atoms. The monoisotopic (exact) mass is 521 g/mol. The zero-order valence-electron chi connectivity index (χ0n) is 23.4. The summed E-state index contributed by atoms with van der Waals surface area (Å²) in [5.74, 6) is 0.0397. The second kappa shape index (κ2) is 9.55. The third-order valence-electron chi connectivity index (χ3n) is 7.97. The van der Waals surface area contributed by atoms with Gasteiger partial charge in [-0.2, -0.15) is 13.2 Å². The summed E-state index contributed by atoms with van der Waals surface area (Å²) >= 11 is 0. The molecule has 200 valence electrons. The van der Waals surface area contributed by atoms with E-state index in [2.05, 4.69) is 47.7 Å². The van der Waals surface area contributed by atoms with Gasteiger partial charge >= 0.3 is 6.18 Å². The number of hydrogen-bond acceptors (Lipinski definition) is 3. The molecule has 1 aromatic carbocycles. The van der Waals surface area contributed by atoms with Gasteiger partial charge in [-0.15, -0.1) is 0 Å². The quantitative estimate of drug-likeness (QED) is 0.400. The lowest BCUT2D eigenvalue weighted by Crippen LogP contribution is -2.44. The molecule has 0 saturated heterocycles. The minimum Gasteiger partial charge on any atom is -0.410 e. The lowest BCUT2D eigenvalue weighted by atomic mass is 9.72. The van der Waals surface area contributed by atoms with E-state index in [1.165, 1.54) is 12.1 Å². The van der Waals surface area contributed by atoms with Crippen molar-refractivity contribution < 1.29 is 22.7 Å². The molecule has 0 fully saturated rings. The number of fused-ring (bicyclic) bond motifs is 1. The van der Waals surface area contributed by atoms with Crippen LogP contribution < -0.4 is 0 Å². The summed E-state index contributed by atoms with van der Waals surface area (Å²) in [5.41, 5.74) is 4.19. The summed E-state index contributed by atoms with van der Waals surface area (Å²) in [5, 5.41) is 11.5. The van der Waals surface area contributed by atoms with Crippen LogP contribution in [0.25, 0.3) is 0 Å². The lowest BCUT2D eigenvalue weighted by Gasteiger charge is -2.45. The van der Waals surface area contributed by atoms with Crippen LogP contribution >= 0.6 is 0 Å². The van der Waals surface area contributed by atoms with E-state index in [0.717, 1.165) is 47.5 Å². The first-order chi connectivity index (χ1) is 16.2. The van der Waals surface area contributed by atoms with Gasteiger partial charge in [-0.1, -0.05) is 60.6 Å². The fourth-order valence-electron chi connectivity index (χ4n) is 4.95. The predicted molar refractivity (Wildman–Crippen MR) is 142 cm³/mol. The number of hydrogen-bond donors (Lipinski definition) is 1. The average Bonchev–Trinajstić information content (AvgIpc) is 2.70. The van der Waals surface area contributed by atoms with Crippen molar-refractivity contribution in [3.8, 4) is 0 Å². The van der Waals surface area contributed by atoms with Gasteiger partial charge in [0.05, 0.1) is 11.7 Å². The van der Waals surface area contributed by atoms with E-state index in [0.29, 0.717) is 11.1 Å². The largest absolute Gasteiger partial charge is 0.416 e. The molecule has 1 N–H and O–H groups in total. The molecule has 0 radical (unpaired) electrons. The van der Waals surface area contributed by atoms with Gasteiger partial charge in [-0.25, -0.2) is 0 Å². The van der Waals surface area contributed by atoms with Crippen molar-refractivity contribution in [1.29, 1.82) is 0 Å². The Labute approximate surface area is 215 Å². The topological polar surface area (TPSA) is 42.4 Å². The molecular weight excluding hydrogens is 479 g/mol. The van der Waals surface area contributed by atoms with Crippen LogP contribution in [0.4, 0.5) is 13.2 Å². The van der Waals surface area contributed by atoms with Gasteiger partial charge in [0, 0.05) is 22.5 Å². The van der Waals surface area contributed by atoms with Crippen molar-refractivity contribution in [3.63, 3.8) is 0 Å². The van der Waals surface area contributed by atoms with Crippen molar-refractivity contribution in [2.24, 2.45) is 5.41 Å². The highest BCUT2D eigenvalue weighted by Gasteiger charge is 2.44.